The highest BCUT2D eigenvalue weighted by atomic mass is 16.5. The molecule has 1 aliphatic carbocycles. The number of carbonyl (C=O) groups excluding carboxylic acids is 1. The molecule has 162 valence electrons. The molecule has 0 saturated heterocycles. The molecule has 4 rings (SSSR count). The highest BCUT2D eigenvalue weighted by Crippen LogP contribution is 2.37. The van der Waals surface area contributed by atoms with Crippen LogP contribution in [0.4, 0.5) is 4.79 Å². The molecule has 3 aromatic rings. The SMILES string of the molecule is CC(C)c1nc(C2(NC(=O)N[C@H](C)c3ccc(-c4ccncc4)cc3)CCCC2)no1. The van der Waals surface area contributed by atoms with Gasteiger partial charge in [0.25, 0.3) is 0 Å². The third kappa shape index (κ3) is 4.60. The van der Waals surface area contributed by atoms with E-state index in [4.69, 9.17) is 4.52 Å². The summed E-state index contributed by atoms with van der Waals surface area (Å²) in [6.45, 7) is 6.01. The van der Waals surface area contributed by atoms with Gasteiger partial charge in [0.05, 0.1) is 6.04 Å². The maximum atomic E-state index is 12.9. The number of nitrogens with zero attached hydrogens (tertiary/aromatic N) is 3. The number of carbonyl (C=O) groups is 1. The summed E-state index contributed by atoms with van der Waals surface area (Å²) in [5.41, 5.74) is 2.70. The number of amides is 2. The topological polar surface area (TPSA) is 92.9 Å². The zero-order chi connectivity index (χ0) is 21.8. The minimum Gasteiger partial charge on any atom is -0.339 e. The van der Waals surface area contributed by atoms with Crippen LogP contribution in [0.25, 0.3) is 11.1 Å². The second kappa shape index (κ2) is 8.88. The summed E-state index contributed by atoms with van der Waals surface area (Å²) in [6.07, 6.45) is 7.24. The minimum atomic E-state index is -0.564. The molecule has 0 bridgehead atoms. The van der Waals surface area contributed by atoms with Crippen LogP contribution in [-0.4, -0.2) is 21.2 Å². The molecule has 2 heterocycles. The molecule has 0 aliphatic heterocycles. The lowest BCUT2D eigenvalue weighted by molar-refractivity contribution is 0.217. The molecule has 0 radical (unpaired) electrons. The van der Waals surface area contributed by atoms with Gasteiger partial charge < -0.3 is 15.2 Å². The smallest absolute Gasteiger partial charge is 0.316 e. The number of hydrogen-bond donors (Lipinski definition) is 2. The average molecular weight is 420 g/mol. The van der Waals surface area contributed by atoms with Crippen molar-refractivity contribution in [1.29, 1.82) is 0 Å². The lowest BCUT2D eigenvalue weighted by Gasteiger charge is -2.28. The summed E-state index contributed by atoms with van der Waals surface area (Å²) < 4.78 is 5.41. The fourth-order valence-corrected chi connectivity index (χ4v) is 4.09. The molecule has 2 amide bonds. The number of nitrogens with one attached hydrogen (secondary N) is 2. The molecule has 7 heteroatoms. The monoisotopic (exact) mass is 419 g/mol. The van der Waals surface area contributed by atoms with Crippen molar-refractivity contribution in [1.82, 2.24) is 25.8 Å². The number of hydrogen-bond acceptors (Lipinski definition) is 5. The van der Waals surface area contributed by atoms with E-state index in [1.54, 1.807) is 12.4 Å². The molecule has 2 aromatic heterocycles. The molecule has 31 heavy (non-hydrogen) atoms. The van der Waals surface area contributed by atoms with E-state index in [0.717, 1.165) is 42.4 Å². The van der Waals surface area contributed by atoms with E-state index < -0.39 is 5.54 Å². The molecule has 1 saturated carbocycles. The van der Waals surface area contributed by atoms with Gasteiger partial charge in [-0.25, -0.2) is 4.79 Å². The van der Waals surface area contributed by atoms with Crippen LogP contribution in [0.2, 0.25) is 0 Å². The summed E-state index contributed by atoms with van der Waals surface area (Å²) in [7, 11) is 0. The molecule has 0 spiro atoms. The molecule has 1 atom stereocenters. The lowest BCUT2D eigenvalue weighted by Crippen LogP contribution is -2.49. The van der Waals surface area contributed by atoms with Gasteiger partial charge in [0.2, 0.25) is 5.89 Å². The number of rotatable bonds is 6. The van der Waals surface area contributed by atoms with Crippen molar-refractivity contribution in [3.05, 3.63) is 66.1 Å². The Kier molecular flexibility index (Phi) is 6.02. The van der Waals surface area contributed by atoms with Gasteiger partial charge in [0.15, 0.2) is 5.82 Å². The summed E-state index contributed by atoms with van der Waals surface area (Å²) in [6, 6.07) is 11.8. The van der Waals surface area contributed by atoms with E-state index in [1.807, 2.05) is 45.0 Å². The number of aromatic nitrogens is 3. The van der Waals surface area contributed by atoms with Gasteiger partial charge >= 0.3 is 6.03 Å². The molecule has 1 aliphatic rings. The van der Waals surface area contributed by atoms with Crippen molar-refractivity contribution >= 4 is 6.03 Å². The van der Waals surface area contributed by atoms with Crippen molar-refractivity contribution in [2.75, 3.05) is 0 Å². The standard InChI is InChI=1S/C24H29N5O2/c1-16(2)21-27-22(29-31-21)24(12-4-5-13-24)28-23(30)26-17(3)18-6-8-19(9-7-18)20-10-14-25-15-11-20/h6-11,14-17H,4-5,12-13H2,1-3H3,(H2,26,28,30)/t17-/m1/s1. The van der Waals surface area contributed by atoms with Crippen LogP contribution in [0.15, 0.2) is 53.3 Å². The zero-order valence-corrected chi connectivity index (χ0v) is 18.3. The third-order valence-corrected chi connectivity index (χ3v) is 5.95. The van der Waals surface area contributed by atoms with Gasteiger partial charge in [-0.2, -0.15) is 4.98 Å². The Morgan fingerprint density at radius 2 is 1.65 bits per heavy atom. The van der Waals surface area contributed by atoms with Crippen molar-refractivity contribution < 1.29 is 9.32 Å². The van der Waals surface area contributed by atoms with Crippen LogP contribution in [-0.2, 0) is 5.54 Å². The Morgan fingerprint density at radius 3 is 2.26 bits per heavy atom. The van der Waals surface area contributed by atoms with E-state index in [1.165, 1.54) is 0 Å². The van der Waals surface area contributed by atoms with Crippen LogP contribution >= 0.6 is 0 Å². The van der Waals surface area contributed by atoms with Gasteiger partial charge in [0.1, 0.15) is 5.54 Å². The largest absolute Gasteiger partial charge is 0.339 e. The van der Waals surface area contributed by atoms with Crippen LogP contribution in [0.1, 0.15) is 75.7 Å². The molecule has 0 unspecified atom stereocenters. The van der Waals surface area contributed by atoms with Gasteiger partial charge in [-0.3, -0.25) is 4.98 Å². The number of benzene rings is 1. The predicted molar refractivity (Wildman–Crippen MR) is 118 cm³/mol. The predicted octanol–water partition coefficient (Wildman–Crippen LogP) is 5.08. The Morgan fingerprint density at radius 1 is 1.00 bits per heavy atom. The maximum absolute atomic E-state index is 12.9. The molecule has 1 fully saturated rings. The summed E-state index contributed by atoms with van der Waals surface area (Å²) in [5.74, 6) is 1.34. The first-order chi connectivity index (χ1) is 15.0. The van der Waals surface area contributed by atoms with E-state index in [-0.39, 0.29) is 18.0 Å². The highest BCUT2D eigenvalue weighted by molar-refractivity contribution is 5.75. The number of pyridine rings is 1. The first-order valence-electron chi connectivity index (χ1n) is 10.9. The molecule has 1 aromatic carbocycles. The van der Waals surface area contributed by atoms with Crippen molar-refractivity contribution in [2.24, 2.45) is 0 Å². The fraction of sp³-hybridized carbons (Fsp3) is 0.417. The van der Waals surface area contributed by atoms with Gasteiger partial charge in [-0.05, 0) is 48.6 Å². The average Bonchev–Trinajstić information content (AvgIpc) is 3.45. The molecular weight excluding hydrogens is 390 g/mol. The lowest BCUT2D eigenvalue weighted by atomic mass is 9.96. The Bertz CT molecular complexity index is 1010. The quantitative estimate of drug-likeness (QED) is 0.581. The van der Waals surface area contributed by atoms with Crippen LogP contribution in [0.5, 0.6) is 0 Å². The Balaban J connectivity index is 1.43. The summed E-state index contributed by atoms with van der Waals surface area (Å²) in [5, 5.41) is 10.4. The van der Waals surface area contributed by atoms with Gasteiger partial charge in [-0.1, -0.05) is 56.1 Å². The Hall–Kier alpha value is -3.22. The van der Waals surface area contributed by atoms with Crippen molar-refractivity contribution in [2.45, 2.75) is 64.0 Å². The van der Waals surface area contributed by atoms with Crippen LogP contribution < -0.4 is 10.6 Å². The van der Waals surface area contributed by atoms with E-state index in [2.05, 4.69) is 37.9 Å². The second-order valence-electron chi connectivity index (χ2n) is 8.58. The third-order valence-electron chi connectivity index (χ3n) is 5.95. The van der Waals surface area contributed by atoms with Crippen molar-refractivity contribution in [3.63, 3.8) is 0 Å². The molecular formula is C24H29N5O2. The van der Waals surface area contributed by atoms with E-state index in [9.17, 15) is 4.79 Å². The normalized spacial score (nSPS) is 16.3. The van der Waals surface area contributed by atoms with Crippen molar-refractivity contribution in [3.8, 4) is 11.1 Å². The fourth-order valence-electron chi connectivity index (χ4n) is 4.09. The van der Waals surface area contributed by atoms with Crippen LogP contribution in [0.3, 0.4) is 0 Å². The highest BCUT2D eigenvalue weighted by Gasteiger charge is 2.41. The molecule has 7 nitrogen and oxygen atoms in total. The maximum Gasteiger partial charge on any atom is 0.316 e. The summed E-state index contributed by atoms with van der Waals surface area (Å²) >= 11 is 0. The van der Waals surface area contributed by atoms with Crippen LogP contribution in [0, 0.1) is 0 Å². The van der Waals surface area contributed by atoms with Gasteiger partial charge in [0, 0.05) is 18.3 Å². The van der Waals surface area contributed by atoms with Gasteiger partial charge in [-0.15, -0.1) is 0 Å². The number of urea groups is 1. The zero-order valence-electron chi connectivity index (χ0n) is 18.3. The second-order valence-corrected chi connectivity index (χ2v) is 8.58. The van der Waals surface area contributed by atoms with E-state index in [0.29, 0.717) is 11.7 Å². The minimum absolute atomic E-state index is 0.138. The molecule has 2 N–H and O–H groups in total. The Labute approximate surface area is 182 Å². The first kappa shape index (κ1) is 21.0. The van der Waals surface area contributed by atoms with E-state index >= 15 is 0 Å². The first-order valence-corrected chi connectivity index (χ1v) is 10.9. The summed E-state index contributed by atoms with van der Waals surface area (Å²) in [4.78, 5) is 21.5.